The number of rotatable bonds is 9. The summed E-state index contributed by atoms with van der Waals surface area (Å²) in [7, 11) is 1.77. The molecule has 1 saturated carbocycles. The Morgan fingerprint density at radius 1 is 1.28 bits per heavy atom. The third-order valence-corrected chi connectivity index (χ3v) is 4.03. The Bertz CT molecular complexity index is 490. The second kappa shape index (κ2) is 13.2. The van der Waals surface area contributed by atoms with Crippen LogP contribution in [0, 0.1) is 0 Å². The van der Waals surface area contributed by atoms with E-state index in [1.807, 2.05) is 25.3 Å². The summed E-state index contributed by atoms with van der Waals surface area (Å²) in [5.41, 5.74) is 1.10. The zero-order valence-electron chi connectivity index (χ0n) is 15.3. The van der Waals surface area contributed by atoms with Gasteiger partial charge in [-0.05, 0) is 44.6 Å². The number of pyridine rings is 1. The molecule has 6 nitrogen and oxygen atoms in total. The number of hydrogen-bond donors (Lipinski definition) is 2. The molecule has 1 fully saturated rings. The number of aromatic nitrogens is 1. The summed E-state index contributed by atoms with van der Waals surface area (Å²) in [5, 5.41) is 6.56. The molecule has 0 radical (unpaired) electrons. The Hall–Kier alpha value is -1.09. The maximum atomic E-state index is 5.88. The summed E-state index contributed by atoms with van der Waals surface area (Å²) in [5.74, 6) is 1.52. The monoisotopic (exact) mass is 462 g/mol. The van der Waals surface area contributed by atoms with Crippen LogP contribution in [0.5, 0.6) is 5.88 Å². The fourth-order valence-electron chi connectivity index (χ4n) is 2.69. The summed E-state index contributed by atoms with van der Waals surface area (Å²) in [6.45, 7) is 5.06. The molecule has 1 aliphatic carbocycles. The van der Waals surface area contributed by atoms with Gasteiger partial charge in [0.2, 0.25) is 5.88 Å². The molecule has 1 aliphatic rings. The van der Waals surface area contributed by atoms with Gasteiger partial charge in [0.15, 0.2) is 5.96 Å². The lowest BCUT2D eigenvalue weighted by Crippen LogP contribution is -2.37. The molecule has 0 unspecified atom stereocenters. The topological polar surface area (TPSA) is 67.8 Å². The smallest absolute Gasteiger partial charge is 0.213 e. The number of aliphatic imine (C=N–C) groups is 1. The molecule has 0 saturated heterocycles. The molecule has 25 heavy (non-hydrogen) atoms. The molecule has 1 heterocycles. The van der Waals surface area contributed by atoms with Gasteiger partial charge in [-0.15, -0.1) is 24.0 Å². The van der Waals surface area contributed by atoms with Crippen LogP contribution in [0.3, 0.4) is 0 Å². The van der Waals surface area contributed by atoms with Crippen LogP contribution >= 0.6 is 24.0 Å². The second-order valence-corrected chi connectivity index (χ2v) is 5.93. The molecule has 0 aromatic carbocycles. The van der Waals surface area contributed by atoms with Crippen molar-refractivity contribution in [3.8, 4) is 5.88 Å². The van der Waals surface area contributed by atoms with Crippen LogP contribution in [0.25, 0.3) is 0 Å². The summed E-state index contributed by atoms with van der Waals surface area (Å²) in [4.78, 5) is 8.62. The van der Waals surface area contributed by atoms with E-state index in [0.29, 0.717) is 12.6 Å². The van der Waals surface area contributed by atoms with Crippen molar-refractivity contribution in [1.82, 2.24) is 15.6 Å². The summed E-state index contributed by atoms with van der Waals surface area (Å²) < 4.78 is 11.2. The van der Waals surface area contributed by atoms with E-state index in [9.17, 15) is 0 Å². The summed E-state index contributed by atoms with van der Waals surface area (Å²) in [6.07, 6.45) is 8.00. The van der Waals surface area contributed by atoms with E-state index >= 15 is 0 Å². The third-order valence-electron chi connectivity index (χ3n) is 4.03. The van der Waals surface area contributed by atoms with Gasteiger partial charge in [0.25, 0.3) is 0 Å². The zero-order chi connectivity index (χ0) is 17.0. The number of guanidine groups is 1. The first kappa shape index (κ1) is 22.0. The van der Waals surface area contributed by atoms with Crippen molar-refractivity contribution in [3.63, 3.8) is 0 Å². The Labute approximate surface area is 168 Å². The van der Waals surface area contributed by atoms with Crippen LogP contribution in [0.4, 0.5) is 0 Å². The molecular weight excluding hydrogens is 431 g/mol. The van der Waals surface area contributed by atoms with Gasteiger partial charge in [0.1, 0.15) is 6.10 Å². The van der Waals surface area contributed by atoms with Crippen molar-refractivity contribution in [2.45, 2.75) is 51.7 Å². The molecule has 0 spiro atoms. The minimum Gasteiger partial charge on any atom is -0.474 e. The highest BCUT2D eigenvalue weighted by Crippen LogP contribution is 2.22. The number of nitrogens with zero attached hydrogens (tertiary/aromatic N) is 2. The highest BCUT2D eigenvalue weighted by atomic mass is 127. The van der Waals surface area contributed by atoms with E-state index in [-0.39, 0.29) is 24.0 Å². The number of ether oxygens (including phenoxy) is 2. The predicted octanol–water partition coefficient (Wildman–Crippen LogP) is 3.11. The molecule has 2 N–H and O–H groups in total. The van der Waals surface area contributed by atoms with Gasteiger partial charge in [0, 0.05) is 45.6 Å². The normalized spacial score (nSPS) is 14.9. The van der Waals surface area contributed by atoms with Crippen LogP contribution < -0.4 is 15.4 Å². The Balaban J connectivity index is 0.00000312. The molecule has 142 valence electrons. The van der Waals surface area contributed by atoms with Crippen LogP contribution in [-0.2, 0) is 11.3 Å². The molecular formula is C18H31IN4O2. The highest BCUT2D eigenvalue weighted by Gasteiger charge is 2.16. The van der Waals surface area contributed by atoms with E-state index in [0.717, 1.165) is 56.4 Å². The lowest BCUT2D eigenvalue weighted by molar-refractivity contribution is 0.145. The van der Waals surface area contributed by atoms with Crippen molar-refractivity contribution in [2.24, 2.45) is 4.99 Å². The minimum absolute atomic E-state index is 0. The van der Waals surface area contributed by atoms with Gasteiger partial charge in [-0.1, -0.05) is 6.07 Å². The van der Waals surface area contributed by atoms with Gasteiger partial charge < -0.3 is 20.1 Å². The van der Waals surface area contributed by atoms with Crippen molar-refractivity contribution >= 4 is 29.9 Å². The Kier molecular flexibility index (Phi) is 11.6. The molecule has 0 atom stereocenters. The van der Waals surface area contributed by atoms with Crippen LogP contribution in [0.15, 0.2) is 23.3 Å². The van der Waals surface area contributed by atoms with Crippen molar-refractivity contribution in [1.29, 1.82) is 0 Å². The first-order chi connectivity index (χ1) is 11.8. The standard InChI is InChI=1S/C18H30N4O2.HI/c1-3-23-12-6-11-20-18(19-2)22-14-15-9-10-17(21-13-15)24-16-7-4-5-8-16;/h9-10,13,16H,3-8,11-12,14H2,1-2H3,(H2,19,20,22);1H. The van der Waals surface area contributed by atoms with Crippen molar-refractivity contribution < 1.29 is 9.47 Å². The van der Waals surface area contributed by atoms with Crippen LogP contribution in [-0.4, -0.2) is 43.9 Å². The lowest BCUT2D eigenvalue weighted by Gasteiger charge is -2.13. The zero-order valence-corrected chi connectivity index (χ0v) is 17.6. The van der Waals surface area contributed by atoms with E-state index in [4.69, 9.17) is 9.47 Å². The lowest BCUT2D eigenvalue weighted by atomic mass is 10.3. The fraction of sp³-hybridized carbons (Fsp3) is 0.667. The van der Waals surface area contributed by atoms with Gasteiger partial charge >= 0.3 is 0 Å². The second-order valence-electron chi connectivity index (χ2n) is 5.93. The Morgan fingerprint density at radius 2 is 2.08 bits per heavy atom. The van der Waals surface area contributed by atoms with Gasteiger partial charge in [-0.3, -0.25) is 4.99 Å². The van der Waals surface area contributed by atoms with Gasteiger partial charge in [0.05, 0.1) is 0 Å². The average molecular weight is 462 g/mol. The predicted molar refractivity (Wildman–Crippen MR) is 112 cm³/mol. The molecule has 1 aromatic heterocycles. The van der Waals surface area contributed by atoms with Crippen molar-refractivity contribution in [2.75, 3.05) is 26.8 Å². The van der Waals surface area contributed by atoms with Gasteiger partial charge in [-0.2, -0.15) is 0 Å². The van der Waals surface area contributed by atoms with E-state index in [1.165, 1.54) is 12.8 Å². The quantitative estimate of drug-likeness (QED) is 0.256. The molecule has 0 amide bonds. The number of hydrogen-bond acceptors (Lipinski definition) is 4. The maximum Gasteiger partial charge on any atom is 0.213 e. The first-order valence-electron chi connectivity index (χ1n) is 8.95. The molecule has 1 aromatic rings. The summed E-state index contributed by atoms with van der Waals surface area (Å²) in [6, 6.07) is 4.00. The molecule has 0 aliphatic heterocycles. The molecule has 2 rings (SSSR count). The SMILES string of the molecule is CCOCCCNC(=NC)NCc1ccc(OC2CCCC2)nc1.I. The highest BCUT2D eigenvalue weighted by molar-refractivity contribution is 14.0. The average Bonchev–Trinajstić information content (AvgIpc) is 3.12. The van der Waals surface area contributed by atoms with Crippen LogP contribution in [0.1, 0.15) is 44.6 Å². The van der Waals surface area contributed by atoms with E-state index in [2.05, 4.69) is 20.6 Å². The van der Waals surface area contributed by atoms with E-state index in [1.54, 1.807) is 7.05 Å². The maximum absolute atomic E-state index is 5.88. The summed E-state index contributed by atoms with van der Waals surface area (Å²) >= 11 is 0. The third kappa shape index (κ3) is 8.71. The van der Waals surface area contributed by atoms with Crippen LogP contribution in [0.2, 0.25) is 0 Å². The number of nitrogens with one attached hydrogen (secondary N) is 2. The Morgan fingerprint density at radius 3 is 2.72 bits per heavy atom. The largest absolute Gasteiger partial charge is 0.474 e. The molecule has 0 bridgehead atoms. The minimum atomic E-state index is 0. The van der Waals surface area contributed by atoms with Crippen molar-refractivity contribution in [3.05, 3.63) is 23.9 Å². The molecule has 7 heteroatoms. The van der Waals surface area contributed by atoms with E-state index < -0.39 is 0 Å². The van der Waals surface area contributed by atoms with Gasteiger partial charge in [-0.25, -0.2) is 4.98 Å². The first-order valence-corrected chi connectivity index (χ1v) is 8.95. The number of halogens is 1. The fourth-order valence-corrected chi connectivity index (χ4v) is 2.69.